The Morgan fingerprint density at radius 1 is 1.15 bits per heavy atom. The average Bonchev–Trinajstić information content (AvgIpc) is 3.10. The third kappa shape index (κ3) is 3.61. The summed E-state index contributed by atoms with van der Waals surface area (Å²) in [5, 5.41) is 3.74. The van der Waals surface area contributed by atoms with Gasteiger partial charge in [0.25, 0.3) is 0 Å². The lowest BCUT2D eigenvalue weighted by atomic mass is 9.87. The summed E-state index contributed by atoms with van der Waals surface area (Å²) >= 11 is 6.14. The fourth-order valence-electron chi connectivity index (χ4n) is 4.17. The predicted molar refractivity (Wildman–Crippen MR) is 106 cm³/mol. The van der Waals surface area contributed by atoms with E-state index in [4.69, 9.17) is 11.6 Å². The van der Waals surface area contributed by atoms with Crippen molar-refractivity contribution in [2.24, 2.45) is 5.92 Å². The summed E-state index contributed by atoms with van der Waals surface area (Å²) in [7, 11) is 0. The van der Waals surface area contributed by atoms with Gasteiger partial charge in [-0.1, -0.05) is 24.6 Å². The number of carbonyl (C=O) groups is 2. The number of amides is 2. The maximum Gasteiger partial charge on any atom is 0.249 e. The van der Waals surface area contributed by atoms with Crippen molar-refractivity contribution in [1.82, 2.24) is 9.88 Å². The van der Waals surface area contributed by atoms with Gasteiger partial charge in [-0.3, -0.25) is 14.5 Å². The van der Waals surface area contributed by atoms with E-state index in [1.54, 1.807) is 23.1 Å². The lowest BCUT2D eigenvalue weighted by Gasteiger charge is -2.37. The molecule has 2 aliphatic rings. The summed E-state index contributed by atoms with van der Waals surface area (Å²) in [6.07, 6.45) is 6.09. The Labute approximate surface area is 164 Å². The molecule has 1 saturated carbocycles. The van der Waals surface area contributed by atoms with Crippen LogP contribution in [-0.2, 0) is 16.1 Å². The zero-order valence-electron chi connectivity index (χ0n) is 15.4. The number of carbonyl (C=O) groups excluding carboxylic acids is 2. The smallest absolute Gasteiger partial charge is 0.249 e. The third-order valence-corrected chi connectivity index (χ3v) is 5.91. The maximum absolute atomic E-state index is 13.3. The fourth-order valence-corrected chi connectivity index (χ4v) is 4.36. The van der Waals surface area contributed by atoms with Crippen molar-refractivity contribution >= 4 is 29.1 Å². The monoisotopic (exact) mass is 385 g/mol. The molecule has 2 aromatic rings. The van der Waals surface area contributed by atoms with E-state index in [0.29, 0.717) is 10.7 Å². The highest BCUT2D eigenvalue weighted by atomic mass is 35.5. The first-order chi connectivity index (χ1) is 13.0. The van der Waals surface area contributed by atoms with Crippen LogP contribution < -0.4 is 10.2 Å². The van der Waals surface area contributed by atoms with Crippen LogP contribution in [0.4, 0.5) is 5.69 Å². The fraction of sp³-hybridized carbons (Fsp3) is 0.429. The molecule has 1 aliphatic carbocycles. The van der Waals surface area contributed by atoms with Gasteiger partial charge in [0, 0.05) is 22.9 Å². The summed E-state index contributed by atoms with van der Waals surface area (Å²) < 4.78 is 1.86. The molecule has 1 aliphatic heterocycles. The first-order valence-electron chi connectivity index (χ1n) is 9.56. The quantitative estimate of drug-likeness (QED) is 0.870. The number of benzene rings is 1. The summed E-state index contributed by atoms with van der Waals surface area (Å²) in [5.74, 6) is 0.482. The van der Waals surface area contributed by atoms with Crippen LogP contribution >= 0.6 is 11.6 Å². The van der Waals surface area contributed by atoms with Gasteiger partial charge in [0.2, 0.25) is 11.8 Å². The summed E-state index contributed by atoms with van der Waals surface area (Å²) in [6.45, 7) is 2.48. The van der Waals surface area contributed by atoms with Crippen molar-refractivity contribution in [3.05, 3.63) is 53.3 Å². The van der Waals surface area contributed by atoms with Crippen LogP contribution in [0.25, 0.3) is 0 Å². The normalized spacial score (nSPS) is 25.2. The lowest BCUT2D eigenvalue weighted by Crippen LogP contribution is -2.51. The minimum Gasteiger partial charge on any atom is -0.351 e. The minimum atomic E-state index is -0.681. The van der Waals surface area contributed by atoms with Crippen LogP contribution in [0.3, 0.4) is 0 Å². The Bertz CT molecular complexity index is 855. The van der Waals surface area contributed by atoms with E-state index >= 15 is 0 Å². The highest BCUT2D eigenvalue weighted by Crippen LogP contribution is 2.34. The first kappa shape index (κ1) is 18.1. The van der Waals surface area contributed by atoms with Gasteiger partial charge in [-0.25, -0.2) is 0 Å². The van der Waals surface area contributed by atoms with Gasteiger partial charge < -0.3 is 9.88 Å². The second kappa shape index (κ2) is 7.39. The Kier molecular flexibility index (Phi) is 4.96. The summed E-state index contributed by atoms with van der Waals surface area (Å²) in [6, 6.07) is 10.4. The SMILES string of the molecule is CC1CCC(NC(=O)C2c3cccn3CC(=O)N2c2cccc(Cl)c2)CC1. The van der Waals surface area contributed by atoms with Gasteiger partial charge in [0.05, 0.1) is 5.69 Å². The second-order valence-corrected chi connectivity index (χ2v) is 8.11. The van der Waals surface area contributed by atoms with Crippen molar-refractivity contribution < 1.29 is 9.59 Å². The van der Waals surface area contributed by atoms with Gasteiger partial charge in [-0.2, -0.15) is 0 Å². The lowest BCUT2D eigenvalue weighted by molar-refractivity contribution is -0.128. The van der Waals surface area contributed by atoms with Crippen molar-refractivity contribution in [2.75, 3.05) is 4.90 Å². The number of aromatic nitrogens is 1. The van der Waals surface area contributed by atoms with Crippen LogP contribution in [0.1, 0.15) is 44.3 Å². The molecule has 0 spiro atoms. The van der Waals surface area contributed by atoms with Crippen molar-refractivity contribution in [3.8, 4) is 0 Å². The van der Waals surface area contributed by atoms with Crippen molar-refractivity contribution in [1.29, 1.82) is 0 Å². The molecule has 2 amide bonds. The van der Waals surface area contributed by atoms with Gasteiger partial charge in [-0.15, -0.1) is 0 Å². The average molecular weight is 386 g/mol. The van der Waals surface area contributed by atoms with E-state index in [1.165, 1.54) is 0 Å². The van der Waals surface area contributed by atoms with E-state index in [-0.39, 0.29) is 24.4 Å². The Morgan fingerprint density at radius 3 is 2.67 bits per heavy atom. The molecule has 1 aromatic carbocycles. The van der Waals surface area contributed by atoms with Gasteiger partial charge in [0.15, 0.2) is 6.04 Å². The molecule has 1 unspecified atom stereocenters. The highest BCUT2D eigenvalue weighted by molar-refractivity contribution is 6.31. The molecule has 5 nitrogen and oxygen atoms in total. The number of nitrogens with zero attached hydrogens (tertiary/aromatic N) is 2. The summed E-state index contributed by atoms with van der Waals surface area (Å²) in [5.41, 5.74) is 1.48. The Hall–Kier alpha value is -2.27. The molecule has 0 radical (unpaired) electrons. The van der Waals surface area contributed by atoms with Crippen LogP contribution in [0, 0.1) is 5.92 Å². The molecule has 1 fully saturated rings. The Morgan fingerprint density at radius 2 is 1.93 bits per heavy atom. The highest BCUT2D eigenvalue weighted by Gasteiger charge is 2.39. The molecular weight excluding hydrogens is 362 g/mol. The maximum atomic E-state index is 13.3. The van der Waals surface area contributed by atoms with Crippen LogP contribution in [0.5, 0.6) is 0 Å². The number of halogens is 1. The van der Waals surface area contributed by atoms with Gasteiger partial charge in [0.1, 0.15) is 6.54 Å². The first-order valence-corrected chi connectivity index (χ1v) is 9.94. The van der Waals surface area contributed by atoms with Crippen molar-refractivity contribution in [2.45, 2.75) is 51.2 Å². The van der Waals surface area contributed by atoms with E-state index < -0.39 is 6.04 Å². The standard InChI is InChI=1S/C21H24ClN3O2/c1-14-7-9-16(10-8-14)23-21(27)20-18-6-3-11-24(18)13-19(26)25(20)17-5-2-4-15(22)12-17/h2-6,11-12,14,16,20H,7-10,13H2,1H3,(H,23,27). The molecule has 1 N–H and O–H groups in total. The van der Waals surface area contributed by atoms with E-state index in [9.17, 15) is 9.59 Å². The molecule has 4 rings (SSSR count). The van der Waals surface area contributed by atoms with Crippen LogP contribution in [0.15, 0.2) is 42.6 Å². The topological polar surface area (TPSA) is 54.3 Å². The third-order valence-electron chi connectivity index (χ3n) is 5.67. The zero-order valence-corrected chi connectivity index (χ0v) is 16.2. The molecule has 0 saturated heterocycles. The predicted octanol–water partition coefficient (Wildman–Crippen LogP) is 3.92. The molecule has 27 heavy (non-hydrogen) atoms. The largest absolute Gasteiger partial charge is 0.351 e. The molecule has 2 heterocycles. The van der Waals surface area contributed by atoms with E-state index in [0.717, 1.165) is 37.3 Å². The molecular formula is C21H24ClN3O2. The number of fused-ring (bicyclic) bond motifs is 1. The van der Waals surface area contributed by atoms with Gasteiger partial charge in [-0.05, 0) is 61.9 Å². The number of rotatable bonds is 3. The number of hydrogen-bond acceptors (Lipinski definition) is 2. The van der Waals surface area contributed by atoms with Crippen LogP contribution in [-0.4, -0.2) is 22.4 Å². The summed E-state index contributed by atoms with van der Waals surface area (Å²) in [4.78, 5) is 27.8. The molecule has 1 aromatic heterocycles. The van der Waals surface area contributed by atoms with E-state index in [2.05, 4.69) is 12.2 Å². The van der Waals surface area contributed by atoms with Gasteiger partial charge >= 0.3 is 0 Å². The molecule has 0 bridgehead atoms. The molecule has 6 heteroatoms. The van der Waals surface area contributed by atoms with E-state index in [1.807, 2.05) is 29.0 Å². The number of anilines is 1. The molecule has 142 valence electrons. The minimum absolute atomic E-state index is 0.113. The second-order valence-electron chi connectivity index (χ2n) is 7.67. The number of hydrogen-bond donors (Lipinski definition) is 1. The van der Waals surface area contributed by atoms with Crippen LogP contribution in [0.2, 0.25) is 5.02 Å². The molecule has 1 atom stereocenters. The zero-order chi connectivity index (χ0) is 19.0. The van der Waals surface area contributed by atoms with Crippen molar-refractivity contribution in [3.63, 3.8) is 0 Å². The Balaban J connectivity index is 1.65. The number of nitrogens with one attached hydrogen (secondary N) is 1.